The van der Waals surface area contributed by atoms with Crippen molar-refractivity contribution in [3.63, 3.8) is 0 Å². The van der Waals surface area contributed by atoms with Gasteiger partial charge in [-0.25, -0.2) is 0 Å². The molecule has 1 atom stereocenters. The lowest BCUT2D eigenvalue weighted by atomic mass is 9.72. The first-order valence-corrected chi connectivity index (χ1v) is 5.84. The molecule has 2 nitrogen and oxygen atoms in total. The SMILES string of the molecule is CC(C)C(CO)(CN(C)C)c1ccccc1. The largest absolute Gasteiger partial charge is 0.395 e. The fourth-order valence-corrected chi connectivity index (χ4v) is 2.27. The first-order chi connectivity index (χ1) is 7.53. The third-order valence-electron chi connectivity index (χ3n) is 3.33. The van der Waals surface area contributed by atoms with Gasteiger partial charge in [-0.05, 0) is 25.6 Å². The Bertz CT molecular complexity index is 308. The molecule has 0 heterocycles. The summed E-state index contributed by atoms with van der Waals surface area (Å²) < 4.78 is 0. The van der Waals surface area contributed by atoms with Crippen LogP contribution in [-0.2, 0) is 5.41 Å². The number of hydrogen-bond acceptors (Lipinski definition) is 2. The molecule has 0 fully saturated rings. The van der Waals surface area contributed by atoms with E-state index in [1.807, 2.05) is 18.2 Å². The summed E-state index contributed by atoms with van der Waals surface area (Å²) in [5.41, 5.74) is 1.06. The average Bonchev–Trinajstić information content (AvgIpc) is 2.26. The number of likely N-dealkylation sites (N-methyl/N-ethyl adjacent to an activating group) is 1. The molecule has 16 heavy (non-hydrogen) atoms. The Labute approximate surface area is 98.9 Å². The van der Waals surface area contributed by atoms with Crippen molar-refractivity contribution < 1.29 is 5.11 Å². The van der Waals surface area contributed by atoms with Crippen molar-refractivity contribution in [3.8, 4) is 0 Å². The van der Waals surface area contributed by atoms with Crippen molar-refractivity contribution in [2.45, 2.75) is 19.3 Å². The highest BCUT2D eigenvalue weighted by Crippen LogP contribution is 2.32. The summed E-state index contributed by atoms with van der Waals surface area (Å²) in [6.45, 7) is 5.40. The quantitative estimate of drug-likeness (QED) is 0.823. The number of aliphatic hydroxyl groups excluding tert-OH is 1. The Morgan fingerprint density at radius 3 is 2.12 bits per heavy atom. The van der Waals surface area contributed by atoms with Crippen molar-refractivity contribution in [2.75, 3.05) is 27.2 Å². The van der Waals surface area contributed by atoms with E-state index in [4.69, 9.17) is 0 Å². The Hall–Kier alpha value is -0.860. The van der Waals surface area contributed by atoms with Crippen molar-refractivity contribution in [2.24, 2.45) is 5.92 Å². The summed E-state index contributed by atoms with van der Waals surface area (Å²) in [7, 11) is 4.10. The molecular formula is C14H23NO. The van der Waals surface area contributed by atoms with Crippen LogP contribution in [0.2, 0.25) is 0 Å². The number of hydrogen-bond donors (Lipinski definition) is 1. The summed E-state index contributed by atoms with van der Waals surface area (Å²) in [6.07, 6.45) is 0. The van der Waals surface area contributed by atoms with Crippen LogP contribution >= 0.6 is 0 Å². The van der Waals surface area contributed by atoms with Gasteiger partial charge in [0.25, 0.3) is 0 Å². The van der Waals surface area contributed by atoms with Crippen molar-refractivity contribution in [1.29, 1.82) is 0 Å². The second kappa shape index (κ2) is 5.46. The molecule has 1 N–H and O–H groups in total. The number of benzene rings is 1. The first-order valence-electron chi connectivity index (χ1n) is 5.84. The lowest BCUT2D eigenvalue weighted by Crippen LogP contribution is -2.45. The summed E-state index contributed by atoms with van der Waals surface area (Å²) in [5.74, 6) is 0.405. The van der Waals surface area contributed by atoms with Gasteiger partial charge in [0.2, 0.25) is 0 Å². The lowest BCUT2D eigenvalue weighted by Gasteiger charge is -2.38. The van der Waals surface area contributed by atoms with Gasteiger partial charge in [-0.1, -0.05) is 44.2 Å². The van der Waals surface area contributed by atoms with Gasteiger partial charge in [-0.15, -0.1) is 0 Å². The lowest BCUT2D eigenvalue weighted by molar-refractivity contribution is 0.118. The third-order valence-corrected chi connectivity index (χ3v) is 3.33. The maximum absolute atomic E-state index is 9.82. The van der Waals surface area contributed by atoms with E-state index in [2.05, 4.69) is 45.0 Å². The molecular weight excluding hydrogens is 198 g/mol. The van der Waals surface area contributed by atoms with Crippen molar-refractivity contribution in [3.05, 3.63) is 35.9 Å². The highest BCUT2D eigenvalue weighted by Gasteiger charge is 2.35. The molecule has 0 spiro atoms. The highest BCUT2D eigenvalue weighted by molar-refractivity contribution is 5.27. The second-order valence-electron chi connectivity index (χ2n) is 5.07. The van der Waals surface area contributed by atoms with Crippen LogP contribution in [0.1, 0.15) is 19.4 Å². The van der Waals surface area contributed by atoms with Crippen LogP contribution in [0, 0.1) is 5.92 Å². The first kappa shape index (κ1) is 13.2. The summed E-state index contributed by atoms with van der Waals surface area (Å²) in [5, 5.41) is 9.82. The molecule has 0 saturated carbocycles. The molecule has 0 aliphatic carbocycles. The summed E-state index contributed by atoms with van der Waals surface area (Å²) in [4.78, 5) is 2.14. The predicted molar refractivity (Wildman–Crippen MR) is 68.6 cm³/mol. The van der Waals surface area contributed by atoms with Crippen LogP contribution < -0.4 is 0 Å². The Kier molecular flexibility index (Phi) is 4.51. The minimum absolute atomic E-state index is 0.162. The van der Waals surface area contributed by atoms with E-state index in [1.54, 1.807) is 0 Å². The molecule has 0 saturated heterocycles. The van der Waals surface area contributed by atoms with Crippen LogP contribution in [0.4, 0.5) is 0 Å². The normalized spacial score (nSPS) is 15.4. The molecule has 1 aromatic rings. The topological polar surface area (TPSA) is 23.5 Å². The Morgan fingerprint density at radius 2 is 1.75 bits per heavy atom. The molecule has 0 bridgehead atoms. The minimum Gasteiger partial charge on any atom is -0.395 e. The Morgan fingerprint density at radius 1 is 1.19 bits per heavy atom. The molecule has 1 aromatic carbocycles. The van der Waals surface area contributed by atoms with Crippen LogP contribution in [-0.4, -0.2) is 37.3 Å². The second-order valence-corrected chi connectivity index (χ2v) is 5.07. The van der Waals surface area contributed by atoms with E-state index in [9.17, 15) is 5.11 Å². The predicted octanol–water partition coefficient (Wildman–Crippen LogP) is 2.13. The van der Waals surface area contributed by atoms with E-state index in [-0.39, 0.29) is 12.0 Å². The number of aliphatic hydroxyl groups is 1. The molecule has 0 aliphatic rings. The molecule has 2 heteroatoms. The molecule has 0 aliphatic heterocycles. The minimum atomic E-state index is -0.162. The number of nitrogens with zero attached hydrogens (tertiary/aromatic N) is 1. The molecule has 1 rings (SSSR count). The fraction of sp³-hybridized carbons (Fsp3) is 0.571. The fourth-order valence-electron chi connectivity index (χ4n) is 2.27. The van der Waals surface area contributed by atoms with E-state index >= 15 is 0 Å². The van der Waals surface area contributed by atoms with Gasteiger partial charge < -0.3 is 10.0 Å². The smallest absolute Gasteiger partial charge is 0.0542 e. The van der Waals surface area contributed by atoms with Gasteiger partial charge in [0.15, 0.2) is 0 Å². The maximum atomic E-state index is 9.82. The zero-order valence-corrected chi connectivity index (χ0v) is 10.8. The molecule has 0 amide bonds. The number of rotatable bonds is 5. The molecule has 90 valence electrons. The molecule has 0 aromatic heterocycles. The molecule has 1 unspecified atom stereocenters. The van der Waals surface area contributed by atoms with E-state index in [0.717, 1.165) is 6.54 Å². The summed E-state index contributed by atoms with van der Waals surface area (Å²) in [6, 6.07) is 10.3. The van der Waals surface area contributed by atoms with Gasteiger partial charge in [0, 0.05) is 12.0 Å². The van der Waals surface area contributed by atoms with E-state index < -0.39 is 0 Å². The Balaban J connectivity index is 3.12. The molecule has 0 radical (unpaired) electrons. The van der Waals surface area contributed by atoms with E-state index in [0.29, 0.717) is 5.92 Å². The van der Waals surface area contributed by atoms with Crippen LogP contribution in [0.5, 0.6) is 0 Å². The van der Waals surface area contributed by atoms with Crippen LogP contribution in [0.25, 0.3) is 0 Å². The van der Waals surface area contributed by atoms with Crippen LogP contribution in [0.3, 0.4) is 0 Å². The van der Waals surface area contributed by atoms with Gasteiger partial charge in [0.1, 0.15) is 0 Å². The standard InChI is InChI=1S/C14H23NO/c1-12(2)14(11-16,10-15(3)4)13-8-6-5-7-9-13/h5-9,12,16H,10-11H2,1-4H3. The summed E-state index contributed by atoms with van der Waals surface area (Å²) >= 11 is 0. The maximum Gasteiger partial charge on any atom is 0.0542 e. The zero-order valence-electron chi connectivity index (χ0n) is 10.8. The van der Waals surface area contributed by atoms with Crippen molar-refractivity contribution in [1.82, 2.24) is 4.90 Å². The van der Waals surface area contributed by atoms with Gasteiger partial charge >= 0.3 is 0 Å². The van der Waals surface area contributed by atoms with Gasteiger partial charge in [0.05, 0.1) is 6.61 Å². The van der Waals surface area contributed by atoms with Crippen molar-refractivity contribution >= 4 is 0 Å². The van der Waals surface area contributed by atoms with Crippen LogP contribution in [0.15, 0.2) is 30.3 Å². The average molecular weight is 221 g/mol. The van der Waals surface area contributed by atoms with E-state index in [1.165, 1.54) is 5.56 Å². The third kappa shape index (κ3) is 2.63. The van der Waals surface area contributed by atoms with Gasteiger partial charge in [-0.2, -0.15) is 0 Å². The highest BCUT2D eigenvalue weighted by atomic mass is 16.3. The van der Waals surface area contributed by atoms with Gasteiger partial charge in [-0.3, -0.25) is 0 Å². The zero-order chi connectivity index (χ0) is 12.2. The monoisotopic (exact) mass is 221 g/mol.